The fourth-order valence-corrected chi connectivity index (χ4v) is 3.17. The van der Waals surface area contributed by atoms with Gasteiger partial charge in [0.1, 0.15) is 5.03 Å². The lowest BCUT2D eigenvalue weighted by Gasteiger charge is -2.10. The Hall–Kier alpha value is -1.95. The minimum atomic E-state index is -2.61. The standard InChI is InChI=1S/C16H14F2N2OS/c17-16(18)22-15-13(5-2-8-19-15)14(21)20-12-7-6-10-3-1-4-11(10)9-12/h2,5-9,16H,1,3-4H2,(H,20,21). The summed E-state index contributed by atoms with van der Waals surface area (Å²) >= 11 is 0.279. The molecule has 0 fully saturated rings. The molecule has 1 aromatic heterocycles. The summed E-state index contributed by atoms with van der Waals surface area (Å²) in [4.78, 5) is 16.2. The Morgan fingerprint density at radius 1 is 1.23 bits per heavy atom. The molecule has 0 atom stereocenters. The summed E-state index contributed by atoms with van der Waals surface area (Å²) in [6.07, 6.45) is 4.61. The molecule has 1 heterocycles. The highest BCUT2D eigenvalue weighted by Crippen LogP contribution is 2.28. The highest BCUT2D eigenvalue weighted by molar-refractivity contribution is 7.99. The van der Waals surface area contributed by atoms with Crippen molar-refractivity contribution < 1.29 is 13.6 Å². The van der Waals surface area contributed by atoms with Crippen molar-refractivity contribution in [3.63, 3.8) is 0 Å². The van der Waals surface area contributed by atoms with Gasteiger partial charge in [-0.25, -0.2) is 4.98 Å². The molecule has 1 aliphatic rings. The third-order valence-corrected chi connectivity index (χ3v) is 4.30. The second-order valence-electron chi connectivity index (χ2n) is 5.03. The van der Waals surface area contributed by atoms with Crippen LogP contribution in [0.2, 0.25) is 0 Å². The predicted octanol–water partition coefficient (Wildman–Crippen LogP) is 4.14. The van der Waals surface area contributed by atoms with Gasteiger partial charge in [0.25, 0.3) is 11.7 Å². The SMILES string of the molecule is O=C(Nc1ccc2c(c1)CCC2)c1cccnc1SC(F)F. The van der Waals surface area contributed by atoms with Crippen LogP contribution in [0, 0.1) is 0 Å². The number of pyridine rings is 1. The number of fused-ring (bicyclic) bond motifs is 1. The molecule has 1 aliphatic carbocycles. The molecule has 1 amide bonds. The van der Waals surface area contributed by atoms with Crippen LogP contribution < -0.4 is 5.32 Å². The number of alkyl halides is 2. The summed E-state index contributed by atoms with van der Waals surface area (Å²) < 4.78 is 25.1. The van der Waals surface area contributed by atoms with Crippen LogP contribution in [0.1, 0.15) is 27.9 Å². The zero-order valence-corrected chi connectivity index (χ0v) is 12.5. The average molecular weight is 320 g/mol. The largest absolute Gasteiger partial charge is 0.322 e. The van der Waals surface area contributed by atoms with Crippen LogP contribution in [0.5, 0.6) is 0 Å². The Balaban J connectivity index is 1.80. The monoisotopic (exact) mass is 320 g/mol. The molecule has 0 radical (unpaired) electrons. The first-order valence-electron chi connectivity index (χ1n) is 6.96. The molecule has 0 saturated carbocycles. The lowest BCUT2D eigenvalue weighted by atomic mass is 10.1. The van der Waals surface area contributed by atoms with Crippen molar-refractivity contribution >= 4 is 23.4 Å². The lowest BCUT2D eigenvalue weighted by molar-refractivity contribution is 0.102. The quantitative estimate of drug-likeness (QED) is 0.861. The summed E-state index contributed by atoms with van der Waals surface area (Å²) in [6, 6.07) is 8.87. The number of hydrogen-bond donors (Lipinski definition) is 1. The summed E-state index contributed by atoms with van der Waals surface area (Å²) in [5, 5.41) is 2.80. The van der Waals surface area contributed by atoms with E-state index >= 15 is 0 Å². The maximum absolute atomic E-state index is 12.5. The van der Waals surface area contributed by atoms with Gasteiger partial charge >= 0.3 is 0 Å². The first-order valence-corrected chi connectivity index (χ1v) is 7.84. The number of rotatable bonds is 4. The van der Waals surface area contributed by atoms with Crippen molar-refractivity contribution in [3.05, 3.63) is 53.2 Å². The lowest BCUT2D eigenvalue weighted by Crippen LogP contribution is -2.14. The number of carbonyl (C=O) groups excluding carboxylic acids is 1. The van der Waals surface area contributed by atoms with Gasteiger partial charge in [-0.15, -0.1) is 0 Å². The summed E-state index contributed by atoms with van der Waals surface area (Å²) in [5.74, 6) is -3.03. The third kappa shape index (κ3) is 3.27. The minimum Gasteiger partial charge on any atom is -0.322 e. The third-order valence-electron chi connectivity index (χ3n) is 3.57. The Bertz CT molecular complexity index is 706. The van der Waals surface area contributed by atoms with Gasteiger partial charge in [0.15, 0.2) is 0 Å². The average Bonchev–Trinajstić information content (AvgIpc) is 2.94. The fourth-order valence-electron chi connectivity index (χ4n) is 2.59. The van der Waals surface area contributed by atoms with Gasteiger partial charge in [0, 0.05) is 11.9 Å². The van der Waals surface area contributed by atoms with E-state index in [1.165, 1.54) is 23.4 Å². The van der Waals surface area contributed by atoms with Gasteiger partial charge in [-0.1, -0.05) is 6.07 Å². The first kappa shape index (κ1) is 15.0. The minimum absolute atomic E-state index is 0.0381. The molecule has 0 saturated heterocycles. The van der Waals surface area contributed by atoms with Crippen LogP contribution in [0.25, 0.3) is 0 Å². The highest BCUT2D eigenvalue weighted by Gasteiger charge is 2.17. The van der Waals surface area contributed by atoms with Crippen molar-refractivity contribution in [3.8, 4) is 0 Å². The van der Waals surface area contributed by atoms with Gasteiger partial charge in [-0.3, -0.25) is 4.79 Å². The number of halogens is 2. The van der Waals surface area contributed by atoms with Gasteiger partial charge in [-0.2, -0.15) is 8.78 Å². The molecule has 22 heavy (non-hydrogen) atoms. The maximum atomic E-state index is 12.5. The Kier molecular flexibility index (Phi) is 4.38. The molecule has 1 aromatic carbocycles. The van der Waals surface area contributed by atoms with E-state index in [0.29, 0.717) is 5.69 Å². The number of hydrogen-bond acceptors (Lipinski definition) is 3. The molecule has 0 spiro atoms. The number of aromatic nitrogens is 1. The Labute approximate surface area is 131 Å². The summed E-state index contributed by atoms with van der Waals surface area (Å²) in [5.41, 5.74) is 3.40. The molecule has 6 heteroatoms. The van der Waals surface area contributed by atoms with Crippen LogP contribution in [0.3, 0.4) is 0 Å². The number of carbonyl (C=O) groups is 1. The van der Waals surface area contributed by atoms with E-state index in [-0.39, 0.29) is 22.4 Å². The van der Waals surface area contributed by atoms with E-state index in [4.69, 9.17) is 0 Å². The molecular weight excluding hydrogens is 306 g/mol. The van der Waals surface area contributed by atoms with Gasteiger partial charge in [-0.05, 0) is 66.4 Å². The number of anilines is 1. The summed E-state index contributed by atoms with van der Waals surface area (Å²) in [7, 11) is 0. The number of benzene rings is 1. The Morgan fingerprint density at radius 3 is 2.86 bits per heavy atom. The number of thioether (sulfide) groups is 1. The van der Waals surface area contributed by atoms with Crippen LogP contribution in [-0.4, -0.2) is 16.6 Å². The topological polar surface area (TPSA) is 42.0 Å². The van der Waals surface area contributed by atoms with Crippen molar-refractivity contribution in [1.82, 2.24) is 4.98 Å². The zero-order valence-electron chi connectivity index (χ0n) is 11.7. The molecular formula is C16H14F2N2OS. The molecule has 1 N–H and O–H groups in total. The van der Waals surface area contributed by atoms with E-state index < -0.39 is 11.7 Å². The van der Waals surface area contributed by atoms with Crippen molar-refractivity contribution in [2.75, 3.05) is 5.32 Å². The van der Waals surface area contributed by atoms with Crippen LogP contribution in [-0.2, 0) is 12.8 Å². The van der Waals surface area contributed by atoms with Crippen LogP contribution in [0.4, 0.5) is 14.5 Å². The van der Waals surface area contributed by atoms with Gasteiger partial charge in [0.05, 0.1) is 5.56 Å². The molecule has 0 unspecified atom stereocenters. The zero-order chi connectivity index (χ0) is 15.5. The highest BCUT2D eigenvalue weighted by atomic mass is 32.2. The van der Waals surface area contributed by atoms with Crippen LogP contribution >= 0.6 is 11.8 Å². The van der Waals surface area contributed by atoms with E-state index in [0.717, 1.165) is 19.3 Å². The normalized spacial score (nSPS) is 13.2. The van der Waals surface area contributed by atoms with Gasteiger partial charge in [0.2, 0.25) is 0 Å². The maximum Gasteiger partial charge on any atom is 0.290 e. The number of nitrogens with one attached hydrogen (secondary N) is 1. The Morgan fingerprint density at radius 2 is 2.05 bits per heavy atom. The van der Waals surface area contributed by atoms with Gasteiger partial charge < -0.3 is 5.32 Å². The number of aryl methyl sites for hydroxylation is 2. The van der Waals surface area contributed by atoms with E-state index in [1.807, 2.05) is 18.2 Å². The molecule has 2 aromatic rings. The van der Waals surface area contributed by atoms with Crippen molar-refractivity contribution in [1.29, 1.82) is 0 Å². The smallest absolute Gasteiger partial charge is 0.290 e. The molecule has 114 valence electrons. The van der Waals surface area contributed by atoms with E-state index in [1.54, 1.807) is 6.07 Å². The molecule has 0 bridgehead atoms. The second-order valence-corrected chi connectivity index (χ2v) is 6.00. The second kappa shape index (κ2) is 6.44. The van der Waals surface area contributed by atoms with Crippen molar-refractivity contribution in [2.24, 2.45) is 0 Å². The number of nitrogens with zero attached hydrogens (tertiary/aromatic N) is 1. The van der Waals surface area contributed by atoms with E-state index in [9.17, 15) is 13.6 Å². The fraction of sp³-hybridized carbons (Fsp3) is 0.250. The molecule has 3 rings (SSSR count). The molecule has 0 aliphatic heterocycles. The summed E-state index contributed by atoms with van der Waals surface area (Å²) in [6.45, 7) is 0. The molecule has 3 nitrogen and oxygen atoms in total. The van der Waals surface area contributed by atoms with Crippen LogP contribution in [0.15, 0.2) is 41.6 Å². The first-order chi connectivity index (χ1) is 10.6. The predicted molar refractivity (Wildman–Crippen MR) is 82.5 cm³/mol. The number of amides is 1. The van der Waals surface area contributed by atoms with E-state index in [2.05, 4.69) is 10.3 Å². The van der Waals surface area contributed by atoms with Crippen molar-refractivity contribution in [2.45, 2.75) is 30.0 Å².